The Kier molecular flexibility index (Phi) is 8.06. The molecule has 0 aliphatic carbocycles. The van der Waals surface area contributed by atoms with Crippen molar-refractivity contribution in [3.05, 3.63) is 34.9 Å². The molecule has 0 radical (unpaired) electrons. The third kappa shape index (κ3) is 6.47. The van der Waals surface area contributed by atoms with Crippen LogP contribution in [0.1, 0.15) is 25.3 Å². The number of hydrogen-bond donors (Lipinski definition) is 1. The molecule has 0 aromatic heterocycles. The van der Waals surface area contributed by atoms with Gasteiger partial charge in [-0.15, -0.1) is 0 Å². The molecular formula is C17H25ClN2O3S2. The van der Waals surface area contributed by atoms with Crippen LogP contribution in [-0.2, 0) is 20.6 Å². The quantitative estimate of drug-likeness (QED) is 0.676. The van der Waals surface area contributed by atoms with Gasteiger partial charge >= 0.3 is 0 Å². The van der Waals surface area contributed by atoms with Crippen molar-refractivity contribution in [1.29, 1.82) is 0 Å². The molecule has 0 saturated carbocycles. The number of piperidine rings is 1. The van der Waals surface area contributed by atoms with E-state index in [9.17, 15) is 13.2 Å². The first-order valence-electron chi connectivity index (χ1n) is 8.50. The Hall–Kier alpha value is -0.760. The molecule has 1 saturated heterocycles. The first-order valence-corrected chi connectivity index (χ1v) is 11.6. The summed E-state index contributed by atoms with van der Waals surface area (Å²) in [6.45, 7) is 3.06. The van der Waals surface area contributed by atoms with Crippen LogP contribution in [0.5, 0.6) is 0 Å². The Morgan fingerprint density at radius 3 is 2.76 bits per heavy atom. The molecule has 5 nitrogen and oxygen atoms in total. The maximum atomic E-state index is 12.3. The van der Waals surface area contributed by atoms with Gasteiger partial charge in [-0.1, -0.05) is 23.7 Å². The molecule has 1 aliphatic heterocycles. The van der Waals surface area contributed by atoms with E-state index in [1.165, 1.54) is 9.87 Å². The fourth-order valence-corrected chi connectivity index (χ4v) is 4.88. The predicted molar refractivity (Wildman–Crippen MR) is 104 cm³/mol. The van der Waals surface area contributed by atoms with E-state index in [1.807, 2.05) is 24.3 Å². The number of hydrogen-bond acceptors (Lipinski definition) is 4. The van der Waals surface area contributed by atoms with Gasteiger partial charge in [0.25, 0.3) is 0 Å². The Morgan fingerprint density at radius 2 is 2.08 bits per heavy atom. The van der Waals surface area contributed by atoms with Crippen molar-refractivity contribution in [3.63, 3.8) is 0 Å². The average molecular weight is 405 g/mol. The zero-order valence-electron chi connectivity index (χ0n) is 14.4. The molecule has 1 aromatic carbocycles. The van der Waals surface area contributed by atoms with E-state index >= 15 is 0 Å². The maximum Gasteiger partial charge on any atom is 0.224 e. The van der Waals surface area contributed by atoms with Gasteiger partial charge in [-0.05, 0) is 37.5 Å². The molecule has 8 heteroatoms. The lowest BCUT2D eigenvalue weighted by molar-refractivity contribution is -0.125. The molecule has 2 rings (SSSR count). The molecular weight excluding hydrogens is 380 g/mol. The zero-order valence-corrected chi connectivity index (χ0v) is 16.8. The minimum atomic E-state index is -3.21. The van der Waals surface area contributed by atoms with Crippen molar-refractivity contribution in [1.82, 2.24) is 9.62 Å². The summed E-state index contributed by atoms with van der Waals surface area (Å²) in [5.41, 5.74) is 1.20. The van der Waals surface area contributed by atoms with Gasteiger partial charge in [-0.2, -0.15) is 11.8 Å². The number of sulfonamides is 1. The molecule has 0 unspecified atom stereocenters. The summed E-state index contributed by atoms with van der Waals surface area (Å²) in [4.78, 5) is 12.3. The fourth-order valence-electron chi connectivity index (χ4n) is 2.75. The SMILES string of the molecule is CCS(=O)(=O)N1CCC[C@@H](C(=O)NCCSCc2ccc(Cl)cc2)C1. The molecule has 1 fully saturated rings. The van der Waals surface area contributed by atoms with E-state index < -0.39 is 10.0 Å². The van der Waals surface area contributed by atoms with Gasteiger partial charge < -0.3 is 5.32 Å². The number of amides is 1. The van der Waals surface area contributed by atoms with E-state index in [1.54, 1.807) is 18.7 Å². The molecule has 1 N–H and O–H groups in total. The molecule has 1 aromatic rings. The van der Waals surface area contributed by atoms with Gasteiger partial charge in [0.2, 0.25) is 15.9 Å². The van der Waals surface area contributed by atoms with E-state index in [2.05, 4.69) is 5.32 Å². The van der Waals surface area contributed by atoms with E-state index in [4.69, 9.17) is 11.6 Å². The van der Waals surface area contributed by atoms with Gasteiger partial charge in [-0.3, -0.25) is 4.79 Å². The van der Waals surface area contributed by atoms with E-state index in [-0.39, 0.29) is 17.6 Å². The standard InChI is InChI=1S/C17H25ClN2O3S2/c1-2-25(22,23)20-10-3-4-15(12-20)17(21)19-9-11-24-13-14-5-7-16(18)8-6-14/h5-8,15H,2-4,9-13H2,1H3,(H,19,21)/t15-/m1/s1. The first kappa shape index (κ1) is 20.6. The molecule has 25 heavy (non-hydrogen) atoms. The van der Waals surface area contributed by atoms with Crippen LogP contribution in [0.2, 0.25) is 5.02 Å². The fraction of sp³-hybridized carbons (Fsp3) is 0.588. The summed E-state index contributed by atoms with van der Waals surface area (Å²) in [7, 11) is -3.21. The second-order valence-electron chi connectivity index (χ2n) is 6.07. The lowest BCUT2D eigenvalue weighted by atomic mass is 9.99. The maximum absolute atomic E-state index is 12.3. The Balaban J connectivity index is 1.68. The van der Waals surface area contributed by atoms with E-state index in [0.717, 1.165) is 29.4 Å². The number of thioether (sulfide) groups is 1. The van der Waals surface area contributed by atoms with Crippen LogP contribution >= 0.6 is 23.4 Å². The topological polar surface area (TPSA) is 66.5 Å². The molecule has 1 aliphatic rings. The number of nitrogens with one attached hydrogen (secondary N) is 1. The highest BCUT2D eigenvalue weighted by Gasteiger charge is 2.31. The monoisotopic (exact) mass is 404 g/mol. The lowest BCUT2D eigenvalue weighted by Crippen LogP contribution is -2.46. The number of rotatable bonds is 8. The number of carbonyl (C=O) groups is 1. The Bertz CT molecular complexity index is 665. The molecule has 1 atom stereocenters. The van der Waals surface area contributed by atoms with E-state index in [0.29, 0.717) is 19.6 Å². The van der Waals surface area contributed by atoms with Crippen LogP contribution in [0, 0.1) is 5.92 Å². The van der Waals surface area contributed by atoms with Crippen molar-refractivity contribution in [3.8, 4) is 0 Å². The highest BCUT2D eigenvalue weighted by Crippen LogP contribution is 2.20. The van der Waals surface area contributed by atoms with Crippen LogP contribution in [0.4, 0.5) is 0 Å². The van der Waals surface area contributed by atoms with Gasteiger partial charge in [0.1, 0.15) is 0 Å². The summed E-state index contributed by atoms with van der Waals surface area (Å²) in [6.07, 6.45) is 1.49. The third-order valence-electron chi connectivity index (χ3n) is 4.24. The second kappa shape index (κ2) is 9.80. The number of halogens is 1. The van der Waals surface area contributed by atoms with Gasteiger partial charge in [-0.25, -0.2) is 12.7 Å². The molecule has 0 spiro atoms. The predicted octanol–water partition coefficient (Wildman–Crippen LogP) is 2.75. The Morgan fingerprint density at radius 1 is 1.36 bits per heavy atom. The number of nitrogens with zero attached hydrogens (tertiary/aromatic N) is 1. The smallest absolute Gasteiger partial charge is 0.224 e. The van der Waals surface area contributed by atoms with Crippen LogP contribution < -0.4 is 5.32 Å². The minimum absolute atomic E-state index is 0.0388. The number of benzene rings is 1. The van der Waals surface area contributed by atoms with Crippen LogP contribution in [-0.4, -0.2) is 49.8 Å². The second-order valence-corrected chi connectivity index (χ2v) is 9.87. The van der Waals surface area contributed by atoms with Crippen molar-refractivity contribution in [2.75, 3.05) is 31.1 Å². The third-order valence-corrected chi connectivity index (χ3v) is 7.37. The minimum Gasteiger partial charge on any atom is -0.355 e. The lowest BCUT2D eigenvalue weighted by Gasteiger charge is -2.30. The molecule has 140 valence electrons. The van der Waals surface area contributed by atoms with Crippen molar-refractivity contribution in [2.45, 2.75) is 25.5 Å². The Labute approximate surface area is 159 Å². The van der Waals surface area contributed by atoms with Crippen molar-refractivity contribution in [2.24, 2.45) is 5.92 Å². The molecule has 1 amide bonds. The summed E-state index contributed by atoms with van der Waals surface area (Å²) in [5.74, 6) is 1.50. The highest BCUT2D eigenvalue weighted by molar-refractivity contribution is 7.98. The molecule has 0 bridgehead atoms. The van der Waals surface area contributed by atoms with Gasteiger partial charge in [0.05, 0.1) is 11.7 Å². The first-order chi connectivity index (χ1) is 11.9. The van der Waals surface area contributed by atoms with Crippen LogP contribution in [0.3, 0.4) is 0 Å². The average Bonchev–Trinajstić information content (AvgIpc) is 2.63. The van der Waals surface area contributed by atoms with Crippen LogP contribution in [0.25, 0.3) is 0 Å². The normalized spacial score (nSPS) is 18.9. The number of carbonyl (C=O) groups excluding carboxylic acids is 1. The zero-order chi connectivity index (χ0) is 18.3. The van der Waals surface area contributed by atoms with Crippen LogP contribution in [0.15, 0.2) is 24.3 Å². The summed E-state index contributed by atoms with van der Waals surface area (Å²) >= 11 is 7.60. The highest BCUT2D eigenvalue weighted by atomic mass is 35.5. The van der Waals surface area contributed by atoms with Gasteiger partial charge in [0, 0.05) is 36.2 Å². The van der Waals surface area contributed by atoms with Crippen molar-refractivity contribution >= 4 is 39.3 Å². The van der Waals surface area contributed by atoms with Crippen molar-refractivity contribution < 1.29 is 13.2 Å². The summed E-state index contributed by atoms with van der Waals surface area (Å²) in [5, 5.41) is 3.66. The summed E-state index contributed by atoms with van der Waals surface area (Å²) in [6, 6.07) is 7.74. The van der Waals surface area contributed by atoms with Gasteiger partial charge in [0.15, 0.2) is 0 Å². The summed E-state index contributed by atoms with van der Waals surface area (Å²) < 4.78 is 25.4. The largest absolute Gasteiger partial charge is 0.355 e. The molecule has 1 heterocycles.